The Bertz CT molecular complexity index is 308. The Kier molecular flexibility index (Phi) is 5.97. The summed E-state index contributed by atoms with van der Waals surface area (Å²) in [6, 6.07) is 5.03. The van der Waals surface area contributed by atoms with Gasteiger partial charge in [-0.05, 0) is 30.7 Å². The molecule has 0 saturated heterocycles. The molecule has 0 heterocycles. The fraction of sp³-hybridized carbons (Fsp3) is 0.364. The maximum atomic E-state index is 11.0. The zero-order valence-corrected chi connectivity index (χ0v) is 9.68. The number of rotatable bonds is 1. The molecule has 0 aliphatic carbocycles. The monoisotopic (exact) mass is 214 g/mol. The van der Waals surface area contributed by atoms with E-state index in [1.807, 2.05) is 20.8 Å². The molecule has 14 heavy (non-hydrogen) atoms. The predicted octanol–water partition coefficient (Wildman–Crippen LogP) is 3.46. The Morgan fingerprint density at radius 2 is 1.93 bits per heavy atom. The van der Waals surface area contributed by atoms with E-state index in [1.165, 1.54) is 7.11 Å². The Balaban J connectivity index is 0.000000791. The first-order valence-corrected chi connectivity index (χ1v) is 4.87. The number of hydrogen-bond donors (Lipinski definition) is 0. The zero-order chi connectivity index (χ0) is 11.1. The summed E-state index contributed by atoms with van der Waals surface area (Å²) >= 11 is 5.78. The van der Waals surface area contributed by atoms with Crippen molar-refractivity contribution in [3.05, 3.63) is 34.3 Å². The van der Waals surface area contributed by atoms with Gasteiger partial charge in [0, 0.05) is 5.02 Å². The summed E-state index contributed by atoms with van der Waals surface area (Å²) in [7, 11) is 1.35. The molecule has 0 unspecified atom stereocenters. The normalized spacial score (nSPS) is 8.64. The van der Waals surface area contributed by atoms with Crippen LogP contribution in [0.1, 0.15) is 29.8 Å². The molecule has 0 fully saturated rings. The molecule has 0 aliphatic heterocycles. The highest BCUT2D eigenvalue weighted by atomic mass is 35.5. The second kappa shape index (κ2) is 6.44. The van der Waals surface area contributed by atoms with Gasteiger partial charge in [0.25, 0.3) is 0 Å². The van der Waals surface area contributed by atoms with E-state index in [0.717, 1.165) is 5.56 Å². The van der Waals surface area contributed by atoms with Gasteiger partial charge in [0.15, 0.2) is 0 Å². The van der Waals surface area contributed by atoms with Gasteiger partial charge < -0.3 is 4.74 Å². The maximum absolute atomic E-state index is 11.0. The van der Waals surface area contributed by atoms with Gasteiger partial charge in [-0.2, -0.15) is 0 Å². The van der Waals surface area contributed by atoms with Crippen LogP contribution in [0.4, 0.5) is 0 Å². The minimum absolute atomic E-state index is 0.338. The minimum Gasteiger partial charge on any atom is -0.465 e. The molecule has 78 valence electrons. The standard InChI is InChI=1S/C9H9ClO2.C2H6/c1-6-5-7(9(11)12-2)3-4-8(6)10;1-2/h3-5H,1-2H3;1-2H3. The fourth-order valence-corrected chi connectivity index (χ4v) is 1.01. The van der Waals surface area contributed by atoms with E-state index in [9.17, 15) is 4.79 Å². The first-order valence-electron chi connectivity index (χ1n) is 4.49. The summed E-state index contributed by atoms with van der Waals surface area (Å²) in [5.74, 6) is -0.338. The molecule has 0 atom stereocenters. The van der Waals surface area contributed by atoms with Crippen LogP contribution in [0.5, 0.6) is 0 Å². The molecule has 1 aromatic rings. The van der Waals surface area contributed by atoms with E-state index in [2.05, 4.69) is 4.74 Å². The zero-order valence-electron chi connectivity index (χ0n) is 8.93. The van der Waals surface area contributed by atoms with Gasteiger partial charge in [0.2, 0.25) is 0 Å². The molecule has 0 saturated carbocycles. The van der Waals surface area contributed by atoms with Gasteiger partial charge >= 0.3 is 5.97 Å². The fourth-order valence-electron chi connectivity index (χ4n) is 0.890. The highest BCUT2D eigenvalue weighted by Gasteiger charge is 2.05. The second-order valence-corrected chi connectivity index (χ2v) is 2.86. The number of aryl methyl sites for hydroxylation is 1. The molecule has 2 nitrogen and oxygen atoms in total. The smallest absolute Gasteiger partial charge is 0.337 e. The number of carbonyl (C=O) groups is 1. The SMILES string of the molecule is CC.COC(=O)c1ccc(Cl)c(C)c1. The minimum atomic E-state index is -0.338. The molecule has 1 rings (SSSR count). The first kappa shape index (κ1) is 13.0. The number of esters is 1. The number of ether oxygens (including phenoxy) is 1. The van der Waals surface area contributed by atoms with E-state index >= 15 is 0 Å². The second-order valence-electron chi connectivity index (χ2n) is 2.46. The molecule has 0 amide bonds. The van der Waals surface area contributed by atoms with Gasteiger partial charge in [0.1, 0.15) is 0 Å². The lowest BCUT2D eigenvalue weighted by molar-refractivity contribution is 0.0600. The summed E-state index contributed by atoms with van der Waals surface area (Å²) in [4.78, 5) is 11.0. The number of benzene rings is 1. The number of carbonyl (C=O) groups excluding carboxylic acids is 1. The molecule has 0 spiro atoms. The van der Waals surface area contributed by atoms with E-state index in [1.54, 1.807) is 18.2 Å². The summed E-state index contributed by atoms with van der Waals surface area (Å²) in [5, 5.41) is 0.655. The highest BCUT2D eigenvalue weighted by Crippen LogP contribution is 2.16. The van der Waals surface area contributed by atoms with Crippen LogP contribution in [-0.4, -0.2) is 13.1 Å². The number of hydrogen-bond acceptors (Lipinski definition) is 2. The predicted molar refractivity (Wildman–Crippen MR) is 58.9 cm³/mol. The summed E-state index contributed by atoms with van der Waals surface area (Å²) in [6.07, 6.45) is 0. The van der Waals surface area contributed by atoms with E-state index in [4.69, 9.17) is 11.6 Å². The molecular formula is C11H15ClO2. The average Bonchev–Trinajstić information content (AvgIpc) is 2.24. The lowest BCUT2D eigenvalue weighted by atomic mass is 10.1. The third-order valence-corrected chi connectivity index (χ3v) is 2.00. The van der Waals surface area contributed by atoms with Gasteiger partial charge in [-0.1, -0.05) is 25.4 Å². The van der Waals surface area contributed by atoms with Crippen molar-refractivity contribution in [2.75, 3.05) is 7.11 Å². The van der Waals surface area contributed by atoms with Crippen LogP contribution in [0.2, 0.25) is 5.02 Å². The number of halogens is 1. The quantitative estimate of drug-likeness (QED) is 0.670. The van der Waals surface area contributed by atoms with Crippen LogP contribution < -0.4 is 0 Å². The Labute approximate surface area is 89.8 Å². The molecule has 0 radical (unpaired) electrons. The van der Waals surface area contributed by atoms with E-state index in [0.29, 0.717) is 10.6 Å². The summed E-state index contributed by atoms with van der Waals surface area (Å²) in [5.41, 5.74) is 1.40. The van der Waals surface area contributed by atoms with Crippen LogP contribution in [0, 0.1) is 6.92 Å². The Morgan fingerprint density at radius 1 is 1.36 bits per heavy atom. The lowest BCUT2D eigenvalue weighted by Crippen LogP contribution is -2.00. The summed E-state index contributed by atoms with van der Waals surface area (Å²) < 4.78 is 4.55. The van der Waals surface area contributed by atoms with Crippen molar-refractivity contribution >= 4 is 17.6 Å². The molecule has 1 aromatic carbocycles. The molecule has 0 N–H and O–H groups in total. The molecule has 3 heteroatoms. The largest absolute Gasteiger partial charge is 0.465 e. The van der Waals surface area contributed by atoms with Crippen molar-refractivity contribution in [1.82, 2.24) is 0 Å². The number of methoxy groups -OCH3 is 1. The van der Waals surface area contributed by atoms with Crippen molar-refractivity contribution in [3.8, 4) is 0 Å². The van der Waals surface area contributed by atoms with Crippen LogP contribution in [0.15, 0.2) is 18.2 Å². The lowest BCUT2D eigenvalue weighted by Gasteiger charge is -2.01. The van der Waals surface area contributed by atoms with E-state index in [-0.39, 0.29) is 5.97 Å². The van der Waals surface area contributed by atoms with Gasteiger partial charge in [-0.15, -0.1) is 0 Å². The van der Waals surface area contributed by atoms with E-state index < -0.39 is 0 Å². The first-order chi connectivity index (χ1) is 6.65. The highest BCUT2D eigenvalue weighted by molar-refractivity contribution is 6.31. The van der Waals surface area contributed by atoms with Crippen molar-refractivity contribution in [2.45, 2.75) is 20.8 Å². The molecule has 0 aliphatic rings. The van der Waals surface area contributed by atoms with Crippen molar-refractivity contribution in [3.63, 3.8) is 0 Å². The van der Waals surface area contributed by atoms with Gasteiger partial charge in [-0.25, -0.2) is 4.79 Å². The Hall–Kier alpha value is -1.02. The third kappa shape index (κ3) is 3.38. The van der Waals surface area contributed by atoms with Crippen molar-refractivity contribution in [1.29, 1.82) is 0 Å². The average molecular weight is 215 g/mol. The van der Waals surface area contributed by atoms with Gasteiger partial charge in [0.05, 0.1) is 12.7 Å². The van der Waals surface area contributed by atoms with Crippen LogP contribution >= 0.6 is 11.6 Å². The molecular weight excluding hydrogens is 200 g/mol. The Morgan fingerprint density at radius 3 is 2.36 bits per heavy atom. The molecule has 0 bridgehead atoms. The maximum Gasteiger partial charge on any atom is 0.337 e. The topological polar surface area (TPSA) is 26.3 Å². The van der Waals surface area contributed by atoms with Crippen LogP contribution in [-0.2, 0) is 4.74 Å². The van der Waals surface area contributed by atoms with Crippen molar-refractivity contribution < 1.29 is 9.53 Å². The summed E-state index contributed by atoms with van der Waals surface area (Å²) in [6.45, 7) is 5.84. The van der Waals surface area contributed by atoms with Crippen LogP contribution in [0.25, 0.3) is 0 Å². The molecule has 0 aromatic heterocycles. The van der Waals surface area contributed by atoms with Gasteiger partial charge in [-0.3, -0.25) is 0 Å². The van der Waals surface area contributed by atoms with Crippen molar-refractivity contribution in [2.24, 2.45) is 0 Å². The van der Waals surface area contributed by atoms with Crippen LogP contribution in [0.3, 0.4) is 0 Å². The third-order valence-electron chi connectivity index (χ3n) is 1.58.